The van der Waals surface area contributed by atoms with Crippen LogP contribution in [0.5, 0.6) is 0 Å². The zero-order valence-corrected chi connectivity index (χ0v) is 18.3. The van der Waals surface area contributed by atoms with Crippen LogP contribution in [-0.4, -0.2) is 41.6 Å². The minimum atomic E-state index is -3.58. The maximum atomic E-state index is 12.8. The number of thiazole rings is 1. The predicted octanol–water partition coefficient (Wildman–Crippen LogP) is 3.88. The first-order valence-electron chi connectivity index (χ1n) is 9.70. The van der Waals surface area contributed by atoms with E-state index in [2.05, 4.69) is 17.2 Å². The van der Waals surface area contributed by atoms with E-state index in [1.165, 1.54) is 46.8 Å². The van der Waals surface area contributed by atoms with Crippen molar-refractivity contribution in [3.8, 4) is 0 Å². The number of nitro groups is 1. The second-order valence-electron chi connectivity index (χ2n) is 7.49. The average Bonchev–Trinajstić information content (AvgIpc) is 3.15. The molecule has 0 radical (unpaired) electrons. The summed E-state index contributed by atoms with van der Waals surface area (Å²) in [7, 11) is -3.58. The third-order valence-electron chi connectivity index (χ3n) is 5.30. The molecule has 3 aromatic rings. The maximum Gasteiger partial charge on any atom is 0.270 e. The molecule has 162 valence electrons. The van der Waals surface area contributed by atoms with Crippen molar-refractivity contribution in [3.05, 3.63) is 58.1 Å². The number of amides is 1. The molecule has 1 amide bonds. The van der Waals surface area contributed by atoms with E-state index in [0.29, 0.717) is 34.4 Å². The minimum Gasteiger partial charge on any atom is -0.298 e. The van der Waals surface area contributed by atoms with Gasteiger partial charge in [-0.3, -0.25) is 20.2 Å². The summed E-state index contributed by atoms with van der Waals surface area (Å²) in [5.41, 5.74) is 0.786. The van der Waals surface area contributed by atoms with Crippen LogP contribution in [0.15, 0.2) is 47.4 Å². The molecule has 0 saturated carbocycles. The van der Waals surface area contributed by atoms with E-state index >= 15 is 0 Å². The fraction of sp³-hybridized carbons (Fsp3) is 0.300. The number of hydrogen-bond acceptors (Lipinski definition) is 7. The Labute approximate surface area is 182 Å². The third kappa shape index (κ3) is 4.43. The highest BCUT2D eigenvalue weighted by Crippen LogP contribution is 2.29. The molecule has 31 heavy (non-hydrogen) atoms. The Morgan fingerprint density at radius 1 is 1.19 bits per heavy atom. The molecule has 11 heteroatoms. The van der Waals surface area contributed by atoms with E-state index in [-0.39, 0.29) is 16.1 Å². The first kappa shape index (κ1) is 21.3. The van der Waals surface area contributed by atoms with Gasteiger partial charge in [0.05, 0.1) is 20.0 Å². The number of benzene rings is 2. The standard InChI is InChI=1S/C20H20N4O5S2/c1-13-8-10-23(11-9-13)31(28,29)16-5-2-14(3-6-16)19(25)22-20-21-17-7-4-15(24(26)27)12-18(17)30-20/h2-7,12-13H,8-11H2,1H3,(H,21,22,25). The van der Waals surface area contributed by atoms with Crippen molar-refractivity contribution in [2.75, 3.05) is 18.4 Å². The highest BCUT2D eigenvalue weighted by Gasteiger charge is 2.28. The third-order valence-corrected chi connectivity index (χ3v) is 8.15. The van der Waals surface area contributed by atoms with Crippen LogP contribution < -0.4 is 5.32 Å². The van der Waals surface area contributed by atoms with Crippen molar-refractivity contribution in [2.45, 2.75) is 24.7 Å². The quantitative estimate of drug-likeness (QED) is 0.455. The smallest absolute Gasteiger partial charge is 0.270 e. The summed E-state index contributed by atoms with van der Waals surface area (Å²) >= 11 is 1.13. The van der Waals surface area contributed by atoms with Gasteiger partial charge in [-0.2, -0.15) is 4.31 Å². The van der Waals surface area contributed by atoms with Crippen LogP contribution in [0.25, 0.3) is 10.2 Å². The molecule has 9 nitrogen and oxygen atoms in total. The van der Waals surface area contributed by atoms with Gasteiger partial charge >= 0.3 is 0 Å². The Balaban J connectivity index is 1.48. The second kappa shape index (κ2) is 8.33. The Hall–Kier alpha value is -2.89. The summed E-state index contributed by atoms with van der Waals surface area (Å²) in [5, 5.41) is 13.9. The maximum absolute atomic E-state index is 12.8. The normalized spacial score (nSPS) is 15.8. The van der Waals surface area contributed by atoms with E-state index < -0.39 is 20.9 Å². The van der Waals surface area contributed by atoms with Gasteiger partial charge in [0.15, 0.2) is 5.13 Å². The van der Waals surface area contributed by atoms with E-state index in [1.807, 2.05) is 0 Å². The van der Waals surface area contributed by atoms with E-state index in [0.717, 1.165) is 24.2 Å². The SMILES string of the molecule is CC1CCN(S(=O)(=O)c2ccc(C(=O)Nc3nc4ccc([N+](=O)[O-])cc4s3)cc2)CC1. The number of fused-ring (bicyclic) bond motifs is 1. The molecular formula is C20H20N4O5S2. The van der Waals surface area contributed by atoms with Crippen LogP contribution in [0.1, 0.15) is 30.1 Å². The number of hydrogen-bond donors (Lipinski definition) is 1. The molecule has 1 saturated heterocycles. The van der Waals surface area contributed by atoms with Crippen LogP contribution >= 0.6 is 11.3 Å². The van der Waals surface area contributed by atoms with Crippen LogP contribution in [0.2, 0.25) is 0 Å². The number of piperidine rings is 1. The second-order valence-corrected chi connectivity index (χ2v) is 10.5. The molecule has 0 aliphatic carbocycles. The molecule has 1 aliphatic heterocycles. The Kier molecular flexibility index (Phi) is 5.73. The molecule has 0 spiro atoms. The summed E-state index contributed by atoms with van der Waals surface area (Å²) in [5.74, 6) is 0.0791. The van der Waals surface area contributed by atoms with Gasteiger partial charge in [0.25, 0.3) is 11.6 Å². The molecule has 1 fully saturated rings. The molecule has 1 aromatic heterocycles. The van der Waals surface area contributed by atoms with Crippen molar-refractivity contribution in [3.63, 3.8) is 0 Å². The van der Waals surface area contributed by atoms with Gasteiger partial charge < -0.3 is 0 Å². The number of nitrogens with one attached hydrogen (secondary N) is 1. The number of nitrogens with zero attached hydrogens (tertiary/aromatic N) is 3. The van der Waals surface area contributed by atoms with Gasteiger partial charge in [-0.1, -0.05) is 18.3 Å². The largest absolute Gasteiger partial charge is 0.298 e. The number of carbonyl (C=O) groups is 1. The highest BCUT2D eigenvalue weighted by molar-refractivity contribution is 7.89. The number of carbonyl (C=O) groups excluding carboxylic acids is 1. The van der Waals surface area contributed by atoms with Gasteiger partial charge in [0.1, 0.15) is 0 Å². The Morgan fingerprint density at radius 2 is 1.87 bits per heavy atom. The molecule has 2 heterocycles. The first-order valence-corrected chi connectivity index (χ1v) is 12.0. The molecule has 1 aliphatic rings. The number of anilines is 1. The van der Waals surface area contributed by atoms with Crippen molar-refractivity contribution in [1.29, 1.82) is 0 Å². The van der Waals surface area contributed by atoms with Gasteiger partial charge in [-0.15, -0.1) is 0 Å². The first-order chi connectivity index (χ1) is 14.7. The molecule has 2 aromatic carbocycles. The predicted molar refractivity (Wildman–Crippen MR) is 118 cm³/mol. The Morgan fingerprint density at radius 3 is 2.52 bits per heavy atom. The fourth-order valence-corrected chi connectivity index (χ4v) is 5.77. The molecular weight excluding hydrogens is 440 g/mol. The Bertz CT molecular complexity index is 1250. The number of aromatic nitrogens is 1. The van der Waals surface area contributed by atoms with Crippen molar-refractivity contribution in [2.24, 2.45) is 5.92 Å². The van der Waals surface area contributed by atoms with E-state index in [1.54, 1.807) is 0 Å². The number of nitro benzene ring substituents is 1. The van der Waals surface area contributed by atoms with Crippen molar-refractivity contribution < 1.29 is 18.1 Å². The molecule has 0 bridgehead atoms. The van der Waals surface area contributed by atoms with Crippen LogP contribution in [0, 0.1) is 16.0 Å². The average molecular weight is 461 g/mol. The zero-order valence-electron chi connectivity index (χ0n) is 16.6. The minimum absolute atomic E-state index is 0.0472. The highest BCUT2D eigenvalue weighted by atomic mass is 32.2. The summed E-state index contributed by atoms with van der Waals surface area (Å²) in [4.78, 5) is 27.4. The zero-order chi connectivity index (χ0) is 22.2. The number of rotatable bonds is 5. The van der Waals surface area contributed by atoms with Gasteiger partial charge in [-0.25, -0.2) is 13.4 Å². The summed E-state index contributed by atoms with van der Waals surface area (Å²) in [6, 6.07) is 10.1. The molecule has 0 unspecified atom stereocenters. The summed E-state index contributed by atoms with van der Waals surface area (Å²) < 4.78 is 27.7. The molecule has 1 N–H and O–H groups in total. The van der Waals surface area contributed by atoms with Crippen molar-refractivity contribution in [1.82, 2.24) is 9.29 Å². The van der Waals surface area contributed by atoms with E-state index in [9.17, 15) is 23.3 Å². The summed E-state index contributed by atoms with van der Waals surface area (Å²) in [6.07, 6.45) is 1.68. The molecule has 0 atom stereocenters. The van der Waals surface area contributed by atoms with Gasteiger partial charge in [0, 0.05) is 30.8 Å². The lowest BCUT2D eigenvalue weighted by molar-refractivity contribution is -0.384. The topological polar surface area (TPSA) is 123 Å². The number of sulfonamides is 1. The monoisotopic (exact) mass is 460 g/mol. The van der Waals surface area contributed by atoms with Crippen LogP contribution in [0.4, 0.5) is 10.8 Å². The van der Waals surface area contributed by atoms with Gasteiger partial charge in [-0.05, 0) is 49.1 Å². The van der Waals surface area contributed by atoms with Crippen LogP contribution in [-0.2, 0) is 10.0 Å². The lowest BCUT2D eigenvalue weighted by Crippen LogP contribution is -2.37. The van der Waals surface area contributed by atoms with Crippen molar-refractivity contribution >= 4 is 48.3 Å². The summed E-state index contributed by atoms with van der Waals surface area (Å²) in [6.45, 7) is 3.12. The van der Waals surface area contributed by atoms with Crippen LogP contribution in [0.3, 0.4) is 0 Å². The molecule has 4 rings (SSSR count). The van der Waals surface area contributed by atoms with Gasteiger partial charge in [0.2, 0.25) is 10.0 Å². The fourth-order valence-electron chi connectivity index (χ4n) is 3.40. The lowest BCUT2D eigenvalue weighted by Gasteiger charge is -2.29. The van der Waals surface area contributed by atoms with E-state index in [4.69, 9.17) is 0 Å². The number of non-ortho nitro benzene ring substituents is 1. The lowest BCUT2D eigenvalue weighted by atomic mass is 10.0.